The van der Waals surface area contributed by atoms with Gasteiger partial charge in [0.2, 0.25) is 5.88 Å². The summed E-state index contributed by atoms with van der Waals surface area (Å²) in [7, 11) is 0. The molecule has 0 unspecified atom stereocenters. The summed E-state index contributed by atoms with van der Waals surface area (Å²) >= 11 is 0. The fraction of sp³-hybridized carbons (Fsp3) is 0.500. The number of aromatic nitrogens is 1. The molecule has 0 aliphatic heterocycles. The Morgan fingerprint density at radius 3 is 2.69 bits per heavy atom. The molecule has 0 aliphatic rings. The van der Waals surface area contributed by atoms with Crippen LogP contribution in [0.15, 0.2) is 12.1 Å². The molecule has 1 aromatic rings. The van der Waals surface area contributed by atoms with Crippen molar-refractivity contribution in [3.63, 3.8) is 0 Å². The largest absolute Gasteiger partial charge is 0.476 e. The Morgan fingerprint density at radius 1 is 1.44 bits per heavy atom. The third-order valence-corrected chi connectivity index (χ3v) is 1.96. The summed E-state index contributed by atoms with van der Waals surface area (Å²) in [5.41, 5.74) is 6.11. The third-order valence-electron chi connectivity index (χ3n) is 1.96. The van der Waals surface area contributed by atoms with E-state index in [4.69, 9.17) is 20.7 Å². The van der Waals surface area contributed by atoms with Crippen LogP contribution in [0, 0.1) is 0 Å². The van der Waals surface area contributed by atoms with Crippen LogP contribution in [-0.4, -0.2) is 41.1 Å². The number of ether oxygens (including phenoxy) is 1. The van der Waals surface area contributed by atoms with Gasteiger partial charge in [0.25, 0.3) is 0 Å². The monoisotopic (exact) mass is 227 g/mol. The second kappa shape index (κ2) is 6.14. The molecule has 0 spiro atoms. The standard InChI is InChI=1S/C10H17N3O3/c1-2-16-10-8(11)3-4-9(13-10)12-7(5-14)6-15/h3-4,7,14-15H,2,5-6,11H2,1H3,(H,12,13). The van der Waals surface area contributed by atoms with Crippen molar-refractivity contribution in [1.82, 2.24) is 4.98 Å². The van der Waals surface area contributed by atoms with E-state index in [0.717, 1.165) is 0 Å². The molecule has 1 rings (SSSR count). The Labute approximate surface area is 94.1 Å². The van der Waals surface area contributed by atoms with Crippen LogP contribution in [0.1, 0.15) is 6.92 Å². The van der Waals surface area contributed by atoms with E-state index < -0.39 is 6.04 Å². The van der Waals surface area contributed by atoms with Crippen molar-refractivity contribution in [3.8, 4) is 5.88 Å². The molecular weight excluding hydrogens is 210 g/mol. The molecule has 0 bridgehead atoms. The molecule has 1 aromatic heterocycles. The first-order chi connectivity index (χ1) is 7.71. The van der Waals surface area contributed by atoms with E-state index >= 15 is 0 Å². The highest BCUT2D eigenvalue weighted by Crippen LogP contribution is 2.20. The maximum Gasteiger partial charge on any atom is 0.239 e. The molecule has 0 aromatic carbocycles. The van der Waals surface area contributed by atoms with Gasteiger partial charge in [-0.1, -0.05) is 0 Å². The van der Waals surface area contributed by atoms with Crippen LogP contribution in [0.25, 0.3) is 0 Å². The third kappa shape index (κ3) is 3.25. The molecule has 0 saturated carbocycles. The number of nitrogens with one attached hydrogen (secondary N) is 1. The van der Waals surface area contributed by atoms with E-state index in [9.17, 15) is 0 Å². The number of aliphatic hydroxyl groups excluding tert-OH is 2. The van der Waals surface area contributed by atoms with E-state index in [0.29, 0.717) is 24.0 Å². The van der Waals surface area contributed by atoms with Gasteiger partial charge in [0, 0.05) is 0 Å². The Hall–Kier alpha value is -1.53. The van der Waals surface area contributed by atoms with Crippen molar-refractivity contribution in [2.75, 3.05) is 30.9 Å². The molecule has 16 heavy (non-hydrogen) atoms. The van der Waals surface area contributed by atoms with E-state index in [1.165, 1.54) is 0 Å². The minimum Gasteiger partial charge on any atom is -0.476 e. The number of rotatable bonds is 6. The van der Waals surface area contributed by atoms with Crippen molar-refractivity contribution >= 4 is 11.5 Å². The van der Waals surface area contributed by atoms with Gasteiger partial charge in [-0.3, -0.25) is 0 Å². The van der Waals surface area contributed by atoms with Gasteiger partial charge in [-0.25, -0.2) is 0 Å². The van der Waals surface area contributed by atoms with Crippen molar-refractivity contribution < 1.29 is 14.9 Å². The van der Waals surface area contributed by atoms with E-state index in [-0.39, 0.29) is 13.2 Å². The normalized spacial score (nSPS) is 10.5. The molecule has 0 atom stereocenters. The summed E-state index contributed by atoms with van der Waals surface area (Å²) in [4.78, 5) is 4.12. The van der Waals surface area contributed by atoms with Crippen LogP contribution in [0.5, 0.6) is 5.88 Å². The van der Waals surface area contributed by atoms with Crippen LogP contribution in [0.2, 0.25) is 0 Å². The van der Waals surface area contributed by atoms with Gasteiger partial charge in [0.05, 0.1) is 31.5 Å². The summed E-state index contributed by atoms with van der Waals surface area (Å²) < 4.78 is 5.23. The van der Waals surface area contributed by atoms with Crippen molar-refractivity contribution in [2.45, 2.75) is 13.0 Å². The summed E-state index contributed by atoms with van der Waals surface area (Å²) in [5, 5.41) is 20.7. The summed E-state index contributed by atoms with van der Waals surface area (Å²) in [6.07, 6.45) is 0. The zero-order chi connectivity index (χ0) is 12.0. The first-order valence-corrected chi connectivity index (χ1v) is 5.08. The summed E-state index contributed by atoms with van der Waals surface area (Å²) in [6, 6.07) is 2.88. The SMILES string of the molecule is CCOc1nc(NC(CO)CO)ccc1N. The molecule has 0 radical (unpaired) electrons. The number of hydrogen-bond donors (Lipinski definition) is 4. The van der Waals surface area contributed by atoms with Crippen LogP contribution >= 0.6 is 0 Å². The Morgan fingerprint density at radius 2 is 2.12 bits per heavy atom. The molecule has 0 fully saturated rings. The molecule has 6 heteroatoms. The maximum absolute atomic E-state index is 8.91. The Bertz CT molecular complexity index is 329. The Balaban J connectivity index is 2.77. The second-order valence-corrected chi connectivity index (χ2v) is 3.23. The molecule has 6 nitrogen and oxygen atoms in total. The van der Waals surface area contributed by atoms with E-state index in [1.54, 1.807) is 12.1 Å². The summed E-state index contributed by atoms with van der Waals surface area (Å²) in [6.45, 7) is 1.97. The minimum atomic E-state index is -0.439. The van der Waals surface area contributed by atoms with Crippen molar-refractivity contribution in [1.29, 1.82) is 0 Å². The topological polar surface area (TPSA) is 101 Å². The lowest BCUT2D eigenvalue weighted by molar-refractivity contribution is 0.203. The highest BCUT2D eigenvalue weighted by Gasteiger charge is 2.08. The highest BCUT2D eigenvalue weighted by atomic mass is 16.5. The molecule has 1 heterocycles. The number of hydrogen-bond acceptors (Lipinski definition) is 6. The van der Waals surface area contributed by atoms with Gasteiger partial charge in [0.15, 0.2) is 0 Å². The number of pyridine rings is 1. The van der Waals surface area contributed by atoms with E-state index in [1.807, 2.05) is 6.92 Å². The molecule has 5 N–H and O–H groups in total. The van der Waals surface area contributed by atoms with Crippen LogP contribution in [0.4, 0.5) is 11.5 Å². The zero-order valence-electron chi connectivity index (χ0n) is 9.18. The fourth-order valence-corrected chi connectivity index (χ4v) is 1.14. The quantitative estimate of drug-likeness (QED) is 0.538. The predicted octanol–water partition coefficient (Wildman–Crippen LogP) is -0.172. The average molecular weight is 227 g/mol. The molecule has 0 aliphatic carbocycles. The molecule has 90 valence electrons. The lowest BCUT2D eigenvalue weighted by Crippen LogP contribution is -2.28. The lowest BCUT2D eigenvalue weighted by Gasteiger charge is -2.15. The fourth-order valence-electron chi connectivity index (χ4n) is 1.14. The van der Waals surface area contributed by atoms with Crippen LogP contribution < -0.4 is 15.8 Å². The van der Waals surface area contributed by atoms with Gasteiger partial charge in [-0.15, -0.1) is 0 Å². The van der Waals surface area contributed by atoms with Gasteiger partial charge >= 0.3 is 0 Å². The van der Waals surface area contributed by atoms with Gasteiger partial charge in [-0.2, -0.15) is 4.98 Å². The number of nitrogens with two attached hydrogens (primary N) is 1. The Kier molecular flexibility index (Phi) is 4.81. The number of anilines is 2. The molecular formula is C10H17N3O3. The molecule has 0 amide bonds. The number of nitrogens with zero attached hydrogens (tertiary/aromatic N) is 1. The van der Waals surface area contributed by atoms with Crippen LogP contribution in [-0.2, 0) is 0 Å². The second-order valence-electron chi connectivity index (χ2n) is 3.23. The highest BCUT2D eigenvalue weighted by molar-refractivity contribution is 5.53. The van der Waals surface area contributed by atoms with E-state index in [2.05, 4.69) is 10.3 Å². The zero-order valence-corrected chi connectivity index (χ0v) is 9.18. The smallest absolute Gasteiger partial charge is 0.239 e. The minimum absolute atomic E-state index is 0.174. The van der Waals surface area contributed by atoms with Crippen molar-refractivity contribution in [3.05, 3.63) is 12.1 Å². The van der Waals surface area contributed by atoms with Crippen molar-refractivity contribution in [2.24, 2.45) is 0 Å². The molecule has 0 saturated heterocycles. The lowest BCUT2D eigenvalue weighted by atomic mass is 10.3. The van der Waals surface area contributed by atoms with Gasteiger partial charge in [0.1, 0.15) is 5.82 Å². The first kappa shape index (κ1) is 12.5. The van der Waals surface area contributed by atoms with Crippen LogP contribution in [0.3, 0.4) is 0 Å². The van der Waals surface area contributed by atoms with Gasteiger partial charge < -0.3 is 26.0 Å². The predicted molar refractivity (Wildman–Crippen MR) is 61.4 cm³/mol. The first-order valence-electron chi connectivity index (χ1n) is 5.08. The average Bonchev–Trinajstić information content (AvgIpc) is 2.30. The van der Waals surface area contributed by atoms with Gasteiger partial charge in [-0.05, 0) is 19.1 Å². The maximum atomic E-state index is 8.91. The number of aliphatic hydroxyl groups is 2. The number of nitrogen functional groups attached to an aromatic ring is 1. The summed E-state index contributed by atoms with van der Waals surface area (Å²) in [5.74, 6) is 0.855.